The highest BCUT2D eigenvalue weighted by Crippen LogP contribution is 2.38. The van der Waals surface area contributed by atoms with Gasteiger partial charge in [-0.05, 0) is 49.4 Å². The lowest BCUT2D eigenvalue weighted by atomic mass is 9.69. The zero-order valence-electron chi connectivity index (χ0n) is 10.9. The van der Waals surface area contributed by atoms with Gasteiger partial charge in [-0.2, -0.15) is 0 Å². The Kier molecular flexibility index (Phi) is 3.43. The second-order valence-corrected chi connectivity index (χ2v) is 5.61. The summed E-state index contributed by atoms with van der Waals surface area (Å²) in [6, 6.07) is 5.89. The summed E-state index contributed by atoms with van der Waals surface area (Å²) in [6.07, 6.45) is 5.97. The zero-order valence-corrected chi connectivity index (χ0v) is 10.9. The van der Waals surface area contributed by atoms with Gasteiger partial charge in [0.05, 0.1) is 0 Å². The number of hydrogen-bond acceptors (Lipinski definition) is 2. The Morgan fingerprint density at radius 1 is 1.29 bits per heavy atom. The molecular formula is C15H23NO. The molecule has 0 bridgehead atoms. The molecule has 2 nitrogen and oxygen atoms in total. The Balaban J connectivity index is 2.52. The number of nitrogens with two attached hydrogens (primary N) is 1. The maximum atomic E-state index is 9.72. The summed E-state index contributed by atoms with van der Waals surface area (Å²) in [6.45, 7) is 4.32. The summed E-state index contributed by atoms with van der Waals surface area (Å²) in [5.41, 5.74) is 8.82. The quantitative estimate of drug-likeness (QED) is 0.783. The molecule has 2 rings (SSSR count). The fourth-order valence-electron chi connectivity index (χ4n) is 2.91. The summed E-state index contributed by atoms with van der Waals surface area (Å²) in [5.74, 6) is 0.358. The maximum Gasteiger partial charge on any atom is 0.115 e. The highest BCUT2D eigenvalue weighted by Gasteiger charge is 2.33. The highest BCUT2D eigenvalue weighted by molar-refractivity contribution is 5.41. The smallest absolute Gasteiger partial charge is 0.115 e. The van der Waals surface area contributed by atoms with Crippen LogP contribution in [0.1, 0.15) is 50.7 Å². The topological polar surface area (TPSA) is 46.2 Å². The van der Waals surface area contributed by atoms with Crippen LogP contribution in [0.5, 0.6) is 5.75 Å². The Bertz CT molecular complexity index is 400. The minimum Gasteiger partial charge on any atom is -0.508 e. The zero-order chi connectivity index (χ0) is 12.5. The number of aryl methyl sites for hydroxylation is 1. The normalized spacial score (nSPS) is 26.8. The third-order valence-corrected chi connectivity index (χ3v) is 4.36. The predicted molar refractivity (Wildman–Crippen MR) is 71.3 cm³/mol. The van der Waals surface area contributed by atoms with Gasteiger partial charge in [0.1, 0.15) is 5.75 Å². The molecule has 2 atom stereocenters. The van der Waals surface area contributed by atoms with E-state index in [1.807, 2.05) is 6.07 Å². The van der Waals surface area contributed by atoms with E-state index in [1.165, 1.54) is 30.4 Å². The van der Waals surface area contributed by atoms with Crippen molar-refractivity contribution in [3.05, 3.63) is 29.3 Å². The first-order valence-corrected chi connectivity index (χ1v) is 6.62. The lowest BCUT2D eigenvalue weighted by Crippen LogP contribution is -2.42. The first-order valence-electron chi connectivity index (χ1n) is 6.62. The van der Waals surface area contributed by atoms with Crippen LogP contribution >= 0.6 is 0 Å². The van der Waals surface area contributed by atoms with E-state index >= 15 is 0 Å². The van der Waals surface area contributed by atoms with E-state index < -0.39 is 0 Å². The van der Waals surface area contributed by atoms with Crippen LogP contribution in [-0.2, 0) is 11.8 Å². The fourth-order valence-corrected chi connectivity index (χ4v) is 2.91. The van der Waals surface area contributed by atoms with Crippen LogP contribution < -0.4 is 5.73 Å². The molecule has 0 spiro atoms. The van der Waals surface area contributed by atoms with Crippen LogP contribution in [0.2, 0.25) is 0 Å². The second kappa shape index (κ2) is 4.69. The number of phenols is 1. The van der Waals surface area contributed by atoms with E-state index in [2.05, 4.69) is 19.9 Å². The molecule has 0 amide bonds. The van der Waals surface area contributed by atoms with Crippen molar-refractivity contribution in [1.29, 1.82) is 0 Å². The molecule has 1 aliphatic rings. The fraction of sp³-hybridized carbons (Fsp3) is 0.600. The average Bonchev–Trinajstić information content (AvgIpc) is 2.27. The summed E-state index contributed by atoms with van der Waals surface area (Å²) in [4.78, 5) is 0. The molecule has 0 heterocycles. The van der Waals surface area contributed by atoms with E-state index in [9.17, 15) is 5.11 Å². The number of rotatable bonds is 1. The minimum absolute atomic E-state index is 0.00546. The Morgan fingerprint density at radius 2 is 2.06 bits per heavy atom. The van der Waals surface area contributed by atoms with Crippen molar-refractivity contribution in [3.63, 3.8) is 0 Å². The van der Waals surface area contributed by atoms with Gasteiger partial charge >= 0.3 is 0 Å². The molecule has 0 saturated carbocycles. The van der Waals surface area contributed by atoms with Crippen molar-refractivity contribution < 1.29 is 5.11 Å². The van der Waals surface area contributed by atoms with Crippen LogP contribution in [-0.4, -0.2) is 11.1 Å². The Labute approximate surface area is 104 Å². The molecule has 1 aromatic carbocycles. The molecular weight excluding hydrogens is 210 g/mol. The Morgan fingerprint density at radius 3 is 2.76 bits per heavy atom. The van der Waals surface area contributed by atoms with Crippen LogP contribution in [0.4, 0.5) is 0 Å². The molecule has 94 valence electrons. The first kappa shape index (κ1) is 12.4. The molecule has 3 N–H and O–H groups in total. The molecule has 0 radical (unpaired) electrons. The lowest BCUT2D eigenvalue weighted by molar-refractivity contribution is 0.338. The van der Waals surface area contributed by atoms with Crippen LogP contribution in [0.15, 0.2) is 18.2 Å². The number of benzene rings is 1. The third-order valence-electron chi connectivity index (χ3n) is 4.36. The van der Waals surface area contributed by atoms with Gasteiger partial charge in [-0.15, -0.1) is 0 Å². The standard InChI is InChI=1S/C15H23NO/c1-11(16)15(2)9-5-3-4-6-12-7-8-13(17)10-14(12)15/h7-8,10-11,17H,3-6,9,16H2,1-2H3. The third kappa shape index (κ3) is 2.32. The number of hydrogen-bond donors (Lipinski definition) is 2. The average molecular weight is 233 g/mol. The number of phenolic OH excluding ortho intramolecular Hbond substituents is 1. The molecule has 17 heavy (non-hydrogen) atoms. The van der Waals surface area contributed by atoms with Crippen molar-refractivity contribution in [2.75, 3.05) is 0 Å². The van der Waals surface area contributed by atoms with Gasteiger partial charge in [-0.1, -0.05) is 25.8 Å². The van der Waals surface area contributed by atoms with Crippen LogP contribution in [0, 0.1) is 0 Å². The van der Waals surface area contributed by atoms with E-state index in [0.29, 0.717) is 5.75 Å². The van der Waals surface area contributed by atoms with Crippen molar-refractivity contribution in [3.8, 4) is 5.75 Å². The summed E-state index contributed by atoms with van der Waals surface area (Å²) in [7, 11) is 0. The SMILES string of the molecule is CC(N)C1(C)CCCCCc2ccc(O)cc21. The van der Waals surface area contributed by atoms with Crippen molar-refractivity contribution >= 4 is 0 Å². The molecule has 0 fully saturated rings. The first-order chi connectivity index (χ1) is 8.04. The molecule has 0 aromatic heterocycles. The van der Waals surface area contributed by atoms with Gasteiger partial charge < -0.3 is 10.8 Å². The van der Waals surface area contributed by atoms with E-state index in [0.717, 1.165) is 12.8 Å². The predicted octanol–water partition coefficient (Wildman–Crippen LogP) is 3.11. The second-order valence-electron chi connectivity index (χ2n) is 5.61. The molecule has 1 aliphatic carbocycles. The summed E-state index contributed by atoms with van der Waals surface area (Å²) >= 11 is 0. The summed E-state index contributed by atoms with van der Waals surface area (Å²) < 4.78 is 0. The van der Waals surface area contributed by atoms with Gasteiger partial charge in [-0.25, -0.2) is 0 Å². The molecule has 2 heteroatoms. The minimum atomic E-state index is -0.00546. The van der Waals surface area contributed by atoms with Gasteiger partial charge in [0.25, 0.3) is 0 Å². The number of fused-ring (bicyclic) bond motifs is 1. The lowest BCUT2D eigenvalue weighted by Gasteiger charge is -2.37. The van der Waals surface area contributed by atoms with Crippen molar-refractivity contribution in [1.82, 2.24) is 0 Å². The molecule has 0 saturated heterocycles. The number of aromatic hydroxyl groups is 1. The van der Waals surface area contributed by atoms with Gasteiger partial charge in [0.2, 0.25) is 0 Å². The van der Waals surface area contributed by atoms with Gasteiger partial charge in [0.15, 0.2) is 0 Å². The molecule has 0 aliphatic heterocycles. The van der Waals surface area contributed by atoms with Crippen molar-refractivity contribution in [2.45, 2.75) is 57.4 Å². The van der Waals surface area contributed by atoms with Crippen LogP contribution in [0.3, 0.4) is 0 Å². The van der Waals surface area contributed by atoms with E-state index in [4.69, 9.17) is 5.73 Å². The maximum absolute atomic E-state index is 9.72. The highest BCUT2D eigenvalue weighted by atomic mass is 16.3. The van der Waals surface area contributed by atoms with Crippen LogP contribution in [0.25, 0.3) is 0 Å². The molecule has 1 aromatic rings. The largest absolute Gasteiger partial charge is 0.508 e. The van der Waals surface area contributed by atoms with Gasteiger partial charge in [0, 0.05) is 11.5 Å². The van der Waals surface area contributed by atoms with Gasteiger partial charge in [-0.3, -0.25) is 0 Å². The van der Waals surface area contributed by atoms with E-state index in [-0.39, 0.29) is 11.5 Å². The Hall–Kier alpha value is -1.02. The monoisotopic (exact) mass is 233 g/mol. The molecule has 2 unspecified atom stereocenters. The van der Waals surface area contributed by atoms with E-state index in [1.54, 1.807) is 6.07 Å². The van der Waals surface area contributed by atoms with Crippen molar-refractivity contribution in [2.24, 2.45) is 5.73 Å². The summed E-state index contributed by atoms with van der Waals surface area (Å²) in [5, 5.41) is 9.72.